The molecule has 1 amide bonds. The van der Waals surface area contributed by atoms with Crippen LogP contribution in [0.2, 0.25) is 0 Å². The average Bonchev–Trinajstić information content (AvgIpc) is 2.39. The molecule has 0 bridgehead atoms. The van der Waals surface area contributed by atoms with Crippen LogP contribution in [0.5, 0.6) is 0 Å². The van der Waals surface area contributed by atoms with Gasteiger partial charge in [0.1, 0.15) is 0 Å². The van der Waals surface area contributed by atoms with E-state index in [9.17, 15) is 4.79 Å². The fraction of sp³-hybridized carbons (Fsp3) is 0.923. The van der Waals surface area contributed by atoms with Crippen LogP contribution in [-0.4, -0.2) is 61.4 Å². The first-order valence-corrected chi connectivity index (χ1v) is 6.97. The van der Waals surface area contributed by atoms with Gasteiger partial charge in [0.2, 0.25) is 5.91 Å². The molecule has 1 heterocycles. The number of amides is 1. The predicted molar refractivity (Wildman–Crippen MR) is 70.4 cm³/mol. The molecular formula is C13H26N2O3. The molecule has 1 aliphatic rings. The van der Waals surface area contributed by atoms with Crippen molar-refractivity contribution >= 4 is 5.91 Å². The van der Waals surface area contributed by atoms with Gasteiger partial charge >= 0.3 is 0 Å². The summed E-state index contributed by atoms with van der Waals surface area (Å²) in [6.07, 6.45) is 3.94. The minimum absolute atomic E-state index is 0.122. The molecule has 0 saturated carbocycles. The van der Waals surface area contributed by atoms with Crippen LogP contribution in [0, 0.1) is 0 Å². The van der Waals surface area contributed by atoms with Gasteiger partial charge in [-0.15, -0.1) is 0 Å². The molecule has 0 aromatic rings. The second-order valence-electron chi connectivity index (χ2n) is 4.77. The summed E-state index contributed by atoms with van der Waals surface area (Å²) in [5.74, 6) is 0.122. The maximum Gasteiger partial charge on any atom is 0.234 e. The molecule has 0 unspecified atom stereocenters. The van der Waals surface area contributed by atoms with Gasteiger partial charge in [0, 0.05) is 32.8 Å². The molecule has 0 radical (unpaired) electrons. The molecule has 106 valence electrons. The van der Waals surface area contributed by atoms with Crippen molar-refractivity contribution in [2.24, 2.45) is 0 Å². The van der Waals surface area contributed by atoms with Gasteiger partial charge in [0.05, 0.1) is 12.6 Å². The van der Waals surface area contributed by atoms with Crippen molar-refractivity contribution in [3.8, 4) is 0 Å². The van der Waals surface area contributed by atoms with Gasteiger partial charge in [-0.1, -0.05) is 6.92 Å². The predicted octanol–water partition coefficient (Wildman–Crippen LogP) is 0.376. The first-order valence-electron chi connectivity index (χ1n) is 6.97. The molecule has 5 nitrogen and oxygen atoms in total. The monoisotopic (exact) mass is 258 g/mol. The van der Waals surface area contributed by atoms with Gasteiger partial charge in [0.15, 0.2) is 0 Å². The van der Waals surface area contributed by atoms with Gasteiger partial charge in [-0.05, 0) is 25.7 Å². The number of carbonyl (C=O) groups is 1. The van der Waals surface area contributed by atoms with E-state index >= 15 is 0 Å². The molecular weight excluding hydrogens is 232 g/mol. The van der Waals surface area contributed by atoms with E-state index in [0.717, 1.165) is 38.9 Å². The number of hydrogen-bond donors (Lipinski definition) is 2. The summed E-state index contributed by atoms with van der Waals surface area (Å²) in [7, 11) is 0. The normalized spacial score (nSPS) is 17.9. The van der Waals surface area contributed by atoms with Crippen molar-refractivity contribution in [2.45, 2.75) is 38.7 Å². The smallest absolute Gasteiger partial charge is 0.234 e. The topological polar surface area (TPSA) is 61.8 Å². The van der Waals surface area contributed by atoms with Crippen molar-refractivity contribution in [1.82, 2.24) is 10.2 Å². The average molecular weight is 258 g/mol. The number of carbonyl (C=O) groups excluding carboxylic acids is 1. The Morgan fingerprint density at radius 2 is 2.17 bits per heavy atom. The van der Waals surface area contributed by atoms with Crippen LogP contribution in [0.25, 0.3) is 0 Å². The van der Waals surface area contributed by atoms with Crippen molar-refractivity contribution in [2.75, 3.05) is 39.4 Å². The van der Waals surface area contributed by atoms with Crippen LogP contribution < -0.4 is 5.32 Å². The van der Waals surface area contributed by atoms with Gasteiger partial charge in [-0.2, -0.15) is 0 Å². The highest BCUT2D eigenvalue weighted by atomic mass is 16.5. The van der Waals surface area contributed by atoms with Gasteiger partial charge in [0.25, 0.3) is 0 Å². The first kappa shape index (κ1) is 15.4. The standard InChI is InChI=1S/C13H26N2O3/c1-2-6-14-13(17)11-15-7-4-12(5-8-15)18-10-3-9-16/h12,16H,2-11H2,1H3,(H,14,17). The second-order valence-corrected chi connectivity index (χ2v) is 4.77. The number of rotatable bonds is 8. The second kappa shape index (κ2) is 9.30. The highest BCUT2D eigenvalue weighted by Gasteiger charge is 2.20. The zero-order valence-corrected chi connectivity index (χ0v) is 11.4. The Bertz CT molecular complexity index is 228. The molecule has 18 heavy (non-hydrogen) atoms. The minimum atomic E-state index is 0.122. The summed E-state index contributed by atoms with van der Waals surface area (Å²) in [5.41, 5.74) is 0. The molecule has 0 aromatic carbocycles. The number of nitrogens with one attached hydrogen (secondary N) is 1. The Balaban J connectivity index is 2.09. The third-order valence-electron chi connectivity index (χ3n) is 3.13. The third-order valence-corrected chi connectivity index (χ3v) is 3.13. The van der Waals surface area contributed by atoms with E-state index in [2.05, 4.69) is 17.1 Å². The Morgan fingerprint density at radius 1 is 1.44 bits per heavy atom. The molecule has 0 aliphatic carbocycles. The number of aliphatic hydroxyl groups is 1. The molecule has 0 atom stereocenters. The summed E-state index contributed by atoms with van der Waals surface area (Å²) in [4.78, 5) is 13.7. The van der Waals surface area contributed by atoms with Gasteiger partial charge in [-0.3, -0.25) is 9.69 Å². The van der Waals surface area contributed by atoms with Crippen molar-refractivity contribution in [3.63, 3.8) is 0 Å². The van der Waals surface area contributed by atoms with Crippen LogP contribution in [0.15, 0.2) is 0 Å². The van der Waals surface area contributed by atoms with Crippen LogP contribution in [-0.2, 0) is 9.53 Å². The number of ether oxygens (including phenoxy) is 1. The number of hydrogen-bond acceptors (Lipinski definition) is 4. The Morgan fingerprint density at radius 3 is 2.78 bits per heavy atom. The van der Waals surface area contributed by atoms with E-state index < -0.39 is 0 Å². The van der Waals surface area contributed by atoms with Gasteiger partial charge in [-0.25, -0.2) is 0 Å². The molecule has 0 aromatic heterocycles. The van der Waals surface area contributed by atoms with Crippen LogP contribution in [0.4, 0.5) is 0 Å². The number of piperidine rings is 1. The zero-order valence-electron chi connectivity index (χ0n) is 11.4. The lowest BCUT2D eigenvalue weighted by atomic mass is 10.1. The van der Waals surface area contributed by atoms with Gasteiger partial charge < -0.3 is 15.2 Å². The molecule has 5 heteroatoms. The summed E-state index contributed by atoms with van der Waals surface area (Å²) in [6, 6.07) is 0. The fourth-order valence-electron chi connectivity index (χ4n) is 2.07. The maximum atomic E-state index is 11.6. The SMILES string of the molecule is CCCNC(=O)CN1CCC(OCCCO)CC1. The van der Waals surface area contributed by atoms with E-state index in [0.29, 0.717) is 25.7 Å². The van der Waals surface area contributed by atoms with E-state index in [1.54, 1.807) is 0 Å². The number of aliphatic hydroxyl groups excluding tert-OH is 1. The Labute approximate surface area is 109 Å². The quantitative estimate of drug-likeness (QED) is 0.618. The van der Waals surface area contributed by atoms with E-state index in [1.165, 1.54) is 0 Å². The highest BCUT2D eigenvalue weighted by molar-refractivity contribution is 5.77. The number of nitrogens with zero attached hydrogens (tertiary/aromatic N) is 1. The lowest BCUT2D eigenvalue weighted by Gasteiger charge is -2.31. The van der Waals surface area contributed by atoms with E-state index in [4.69, 9.17) is 9.84 Å². The van der Waals surface area contributed by atoms with Crippen molar-refractivity contribution in [3.05, 3.63) is 0 Å². The largest absolute Gasteiger partial charge is 0.396 e. The summed E-state index contributed by atoms with van der Waals surface area (Å²) >= 11 is 0. The lowest BCUT2D eigenvalue weighted by molar-refractivity contribution is -0.123. The van der Waals surface area contributed by atoms with Crippen molar-refractivity contribution < 1.29 is 14.6 Å². The fourth-order valence-corrected chi connectivity index (χ4v) is 2.07. The zero-order chi connectivity index (χ0) is 13.2. The highest BCUT2D eigenvalue weighted by Crippen LogP contribution is 2.13. The molecule has 0 spiro atoms. The maximum absolute atomic E-state index is 11.6. The third kappa shape index (κ3) is 6.33. The lowest BCUT2D eigenvalue weighted by Crippen LogP contribution is -2.43. The van der Waals surface area contributed by atoms with E-state index in [-0.39, 0.29) is 12.5 Å². The summed E-state index contributed by atoms with van der Waals surface area (Å²) in [6.45, 7) is 5.99. The Hall–Kier alpha value is -0.650. The molecule has 1 aliphatic heterocycles. The molecule has 1 fully saturated rings. The summed E-state index contributed by atoms with van der Waals surface area (Å²) in [5, 5.41) is 11.6. The Kier molecular flexibility index (Phi) is 7.96. The molecule has 2 N–H and O–H groups in total. The van der Waals surface area contributed by atoms with E-state index in [1.807, 2.05) is 0 Å². The van der Waals surface area contributed by atoms with Crippen molar-refractivity contribution in [1.29, 1.82) is 0 Å². The number of likely N-dealkylation sites (tertiary alicyclic amines) is 1. The van der Waals surface area contributed by atoms with Crippen LogP contribution >= 0.6 is 0 Å². The first-order chi connectivity index (χ1) is 8.76. The van der Waals surface area contributed by atoms with Crippen LogP contribution in [0.3, 0.4) is 0 Å². The molecule has 1 saturated heterocycles. The van der Waals surface area contributed by atoms with Crippen LogP contribution in [0.1, 0.15) is 32.6 Å². The summed E-state index contributed by atoms with van der Waals surface area (Å²) < 4.78 is 5.65. The molecule has 1 rings (SSSR count). The minimum Gasteiger partial charge on any atom is -0.396 e.